The zero-order chi connectivity index (χ0) is 13.7. The fraction of sp³-hybridized carbons (Fsp3) is 0.500. The summed E-state index contributed by atoms with van der Waals surface area (Å²) in [5.74, 6) is 2.80. The highest BCUT2D eigenvalue weighted by Crippen LogP contribution is 2.26. The second kappa shape index (κ2) is 6.82. The van der Waals surface area contributed by atoms with E-state index in [9.17, 15) is 9.90 Å². The number of aliphatic hydroxyl groups is 1. The maximum Gasteiger partial charge on any atom is 0.228 e. The highest BCUT2D eigenvalue weighted by Gasteiger charge is 2.23. The van der Waals surface area contributed by atoms with Gasteiger partial charge in [0.15, 0.2) is 0 Å². The van der Waals surface area contributed by atoms with E-state index in [1.807, 2.05) is 24.8 Å². The van der Waals surface area contributed by atoms with Crippen molar-refractivity contribution in [2.45, 2.75) is 20.0 Å². The van der Waals surface area contributed by atoms with Gasteiger partial charge in [0.05, 0.1) is 13.2 Å². The highest BCUT2D eigenvalue weighted by molar-refractivity contribution is 7.99. The molecule has 1 fully saturated rings. The van der Waals surface area contributed by atoms with Crippen LogP contribution in [0.2, 0.25) is 0 Å². The molecule has 1 aliphatic heterocycles. The minimum Gasteiger partial charge on any atom is -0.494 e. The van der Waals surface area contributed by atoms with E-state index in [0.29, 0.717) is 17.9 Å². The Balaban J connectivity index is 2.05. The van der Waals surface area contributed by atoms with E-state index in [1.165, 1.54) is 0 Å². The lowest BCUT2D eigenvalue weighted by atomic mass is 10.1. The molecule has 1 atom stereocenters. The number of hydrogen-bond donors (Lipinski definition) is 2. The third-order valence-electron chi connectivity index (χ3n) is 3.10. The van der Waals surface area contributed by atoms with E-state index in [-0.39, 0.29) is 18.4 Å². The first-order valence-electron chi connectivity index (χ1n) is 6.49. The number of rotatable bonds is 5. The lowest BCUT2D eigenvalue weighted by Crippen LogP contribution is -2.22. The van der Waals surface area contributed by atoms with Crippen LogP contribution in [0.15, 0.2) is 18.2 Å². The number of aliphatic hydroxyl groups excluding tert-OH is 1. The van der Waals surface area contributed by atoms with Crippen molar-refractivity contribution in [3.8, 4) is 5.75 Å². The molecule has 5 heteroatoms. The molecule has 1 heterocycles. The van der Waals surface area contributed by atoms with Gasteiger partial charge in [0.2, 0.25) is 5.91 Å². The normalized spacial score (nSPS) is 18.3. The van der Waals surface area contributed by atoms with Gasteiger partial charge in [-0.15, -0.1) is 0 Å². The molecule has 1 aromatic carbocycles. The van der Waals surface area contributed by atoms with Crippen LogP contribution in [0.4, 0.5) is 5.69 Å². The third kappa shape index (κ3) is 3.64. The van der Waals surface area contributed by atoms with Crippen molar-refractivity contribution in [1.29, 1.82) is 0 Å². The van der Waals surface area contributed by atoms with Gasteiger partial charge in [-0.1, -0.05) is 0 Å². The van der Waals surface area contributed by atoms with Gasteiger partial charge < -0.3 is 15.2 Å². The molecular weight excluding hydrogens is 262 g/mol. The van der Waals surface area contributed by atoms with Crippen molar-refractivity contribution in [3.05, 3.63) is 23.8 Å². The number of carbonyl (C=O) groups excluding carboxylic acids is 1. The first-order chi connectivity index (χ1) is 9.24. The molecule has 1 saturated heterocycles. The number of anilines is 1. The van der Waals surface area contributed by atoms with Gasteiger partial charge >= 0.3 is 0 Å². The number of nitrogens with one attached hydrogen (secondary N) is 1. The van der Waals surface area contributed by atoms with Gasteiger partial charge in [-0.3, -0.25) is 4.79 Å². The Hall–Kier alpha value is -1.20. The predicted octanol–water partition coefficient (Wildman–Crippen LogP) is 2.27. The summed E-state index contributed by atoms with van der Waals surface area (Å²) in [6, 6.07) is 5.36. The van der Waals surface area contributed by atoms with Crippen LogP contribution in [0.3, 0.4) is 0 Å². The van der Waals surface area contributed by atoms with E-state index in [0.717, 1.165) is 23.6 Å². The Morgan fingerprint density at radius 3 is 3.05 bits per heavy atom. The van der Waals surface area contributed by atoms with Crippen LogP contribution in [0, 0.1) is 5.92 Å². The molecule has 1 amide bonds. The SMILES string of the molecule is CCOc1ccc(NC(=O)C2CCSC2)cc1CO. The summed E-state index contributed by atoms with van der Waals surface area (Å²) in [5, 5.41) is 12.2. The van der Waals surface area contributed by atoms with E-state index in [4.69, 9.17) is 4.74 Å². The first-order valence-corrected chi connectivity index (χ1v) is 7.65. The zero-order valence-electron chi connectivity index (χ0n) is 11.0. The summed E-state index contributed by atoms with van der Waals surface area (Å²) < 4.78 is 5.41. The average Bonchev–Trinajstić information content (AvgIpc) is 2.94. The van der Waals surface area contributed by atoms with Gasteiger partial charge in [-0.25, -0.2) is 0 Å². The summed E-state index contributed by atoms with van der Waals surface area (Å²) in [6.07, 6.45) is 0.945. The van der Waals surface area contributed by atoms with Crippen LogP contribution >= 0.6 is 11.8 Å². The number of thioether (sulfide) groups is 1. The smallest absolute Gasteiger partial charge is 0.228 e. The number of hydrogen-bond acceptors (Lipinski definition) is 4. The van der Waals surface area contributed by atoms with Gasteiger partial charge in [-0.05, 0) is 37.3 Å². The Labute approximate surface area is 117 Å². The monoisotopic (exact) mass is 281 g/mol. The zero-order valence-corrected chi connectivity index (χ0v) is 11.8. The maximum atomic E-state index is 12.0. The number of ether oxygens (including phenoxy) is 1. The molecule has 1 aliphatic rings. The second-order valence-electron chi connectivity index (χ2n) is 4.46. The van der Waals surface area contributed by atoms with E-state index < -0.39 is 0 Å². The van der Waals surface area contributed by atoms with E-state index >= 15 is 0 Å². The van der Waals surface area contributed by atoms with Crippen molar-refractivity contribution in [2.75, 3.05) is 23.4 Å². The van der Waals surface area contributed by atoms with Crippen molar-refractivity contribution in [1.82, 2.24) is 0 Å². The van der Waals surface area contributed by atoms with Gasteiger partial charge in [0, 0.05) is 22.9 Å². The molecule has 2 rings (SSSR count). The summed E-state index contributed by atoms with van der Waals surface area (Å²) in [7, 11) is 0. The molecule has 4 nitrogen and oxygen atoms in total. The standard InChI is InChI=1S/C14H19NO3S/c1-2-18-13-4-3-12(7-11(13)8-16)15-14(17)10-5-6-19-9-10/h3-4,7,10,16H,2,5-6,8-9H2,1H3,(H,15,17). The summed E-state index contributed by atoms with van der Waals surface area (Å²) in [6.45, 7) is 2.35. The minimum absolute atomic E-state index is 0.0676. The maximum absolute atomic E-state index is 12.0. The second-order valence-corrected chi connectivity index (χ2v) is 5.61. The molecule has 0 radical (unpaired) electrons. The summed E-state index contributed by atoms with van der Waals surface area (Å²) in [5.41, 5.74) is 1.41. The molecular formula is C14H19NO3S. The highest BCUT2D eigenvalue weighted by atomic mass is 32.2. The van der Waals surface area contributed by atoms with Crippen molar-refractivity contribution >= 4 is 23.4 Å². The molecule has 0 bridgehead atoms. The van der Waals surface area contributed by atoms with Gasteiger partial charge in [-0.2, -0.15) is 11.8 Å². The molecule has 1 unspecified atom stereocenters. The Kier molecular flexibility index (Phi) is 5.10. The van der Waals surface area contributed by atoms with Crippen molar-refractivity contribution < 1.29 is 14.6 Å². The van der Waals surface area contributed by atoms with Crippen LogP contribution < -0.4 is 10.1 Å². The minimum atomic E-state index is -0.0989. The molecule has 1 aromatic rings. The Bertz CT molecular complexity index is 444. The number of benzene rings is 1. The molecule has 0 aromatic heterocycles. The lowest BCUT2D eigenvalue weighted by molar-refractivity contribution is -0.119. The molecule has 19 heavy (non-hydrogen) atoms. The van der Waals surface area contributed by atoms with Crippen LogP contribution in [-0.2, 0) is 11.4 Å². The summed E-state index contributed by atoms with van der Waals surface area (Å²) in [4.78, 5) is 12.0. The predicted molar refractivity (Wildman–Crippen MR) is 77.6 cm³/mol. The van der Waals surface area contributed by atoms with Crippen LogP contribution in [-0.4, -0.2) is 29.1 Å². The quantitative estimate of drug-likeness (QED) is 0.869. The fourth-order valence-corrected chi connectivity index (χ4v) is 3.28. The molecule has 2 N–H and O–H groups in total. The Morgan fingerprint density at radius 2 is 2.42 bits per heavy atom. The van der Waals surface area contributed by atoms with E-state index in [1.54, 1.807) is 12.1 Å². The van der Waals surface area contributed by atoms with Gasteiger partial charge in [0.1, 0.15) is 5.75 Å². The number of amides is 1. The van der Waals surface area contributed by atoms with E-state index in [2.05, 4.69) is 5.32 Å². The average molecular weight is 281 g/mol. The van der Waals surface area contributed by atoms with Crippen molar-refractivity contribution in [3.63, 3.8) is 0 Å². The van der Waals surface area contributed by atoms with Crippen LogP contribution in [0.25, 0.3) is 0 Å². The fourth-order valence-electron chi connectivity index (χ4n) is 2.06. The third-order valence-corrected chi connectivity index (χ3v) is 4.26. The van der Waals surface area contributed by atoms with Gasteiger partial charge in [0.25, 0.3) is 0 Å². The Morgan fingerprint density at radius 1 is 1.58 bits per heavy atom. The molecule has 0 saturated carbocycles. The molecule has 0 aliphatic carbocycles. The first kappa shape index (κ1) is 14.2. The van der Waals surface area contributed by atoms with Crippen LogP contribution in [0.1, 0.15) is 18.9 Å². The molecule has 104 valence electrons. The molecule has 0 spiro atoms. The topological polar surface area (TPSA) is 58.6 Å². The van der Waals surface area contributed by atoms with Crippen molar-refractivity contribution in [2.24, 2.45) is 5.92 Å². The number of carbonyl (C=O) groups is 1. The van der Waals surface area contributed by atoms with Crippen LogP contribution in [0.5, 0.6) is 5.75 Å². The summed E-state index contributed by atoms with van der Waals surface area (Å²) >= 11 is 1.82. The largest absolute Gasteiger partial charge is 0.494 e. The lowest BCUT2D eigenvalue weighted by Gasteiger charge is -2.13.